The van der Waals surface area contributed by atoms with Gasteiger partial charge in [0.2, 0.25) is 0 Å². The predicted octanol–water partition coefficient (Wildman–Crippen LogP) is 1.83. The molecule has 0 aliphatic carbocycles. The zero-order valence-corrected chi connectivity index (χ0v) is 6.07. The fourth-order valence-electron chi connectivity index (χ4n) is 0.975. The normalized spacial score (nSPS) is 25.1. The first kappa shape index (κ1) is 6.40. The Morgan fingerprint density at radius 2 is 2.56 bits per heavy atom. The van der Waals surface area contributed by atoms with Crippen molar-refractivity contribution in [3.8, 4) is 0 Å². The highest BCUT2D eigenvalue weighted by Crippen LogP contribution is 2.13. The van der Waals surface area contributed by atoms with Crippen LogP contribution >= 0.6 is 0 Å². The van der Waals surface area contributed by atoms with Crippen LogP contribution in [0.3, 0.4) is 0 Å². The number of rotatable bonds is 1. The molecule has 0 saturated carbocycles. The highest BCUT2D eigenvalue weighted by atomic mass is 14.9. The van der Waals surface area contributed by atoms with Crippen LogP contribution in [-0.4, -0.2) is 6.04 Å². The van der Waals surface area contributed by atoms with Gasteiger partial charge in [-0.05, 0) is 25.8 Å². The van der Waals surface area contributed by atoms with E-state index < -0.39 is 0 Å². The van der Waals surface area contributed by atoms with Crippen LogP contribution in [0.5, 0.6) is 0 Å². The zero-order valence-electron chi connectivity index (χ0n) is 6.07. The molecule has 1 heterocycles. The molecule has 1 nitrogen and oxygen atoms in total. The van der Waals surface area contributed by atoms with Gasteiger partial charge in [-0.15, -0.1) is 0 Å². The van der Waals surface area contributed by atoms with Gasteiger partial charge in [0.15, 0.2) is 0 Å². The van der Waals surface area contributed by atoms with Crippen molar-refractivity contribution >= 4 is 0 Å². The molecule has 0 aromatic carbocycles. The van der Waals surface area contributed by atoms with E-state index in [1.807, 2.05) is 6.92 Å². The van der Waals surface area contributed by atoms with Gasteiger partial charge in [-0.25, -0.2) is 0 Å². The van der Waals surface area contributed by atoms with E-state index in [1.165, 1.54) is 5.70 Å². The van der Waals surface area contributed by atoms with Crippen molar-refractivity contribution < 1.29 is 0 Å². The second-order valence-corrected chi connectivity index (χ2v) is 2.68. The standard InChI is InChI=1S/C8H13N/c1-6(2)8-5-4-7(3)9-8/h5,7,9H,1,4H2,2-3H3. The summed E-state index contributed by atoms with van der Waals surface area (Å²) >= 11 is 0. The average molecular weight is 123 g/mol. The van der Waals surface area contributed by atoms with Crippen molar-refractivity contribution in [2.24, 2.45) is 0 Å². The fourth-order valence-corrected chi connectivity index (χ4v) is 0.975. The van der Waals surface area contributed by atoms with E-state index in [0.717, 1.165) is 12.0 Å². The molecule has 0 saturated heterocycles. The maximum Gasteiger partial charge on any atom is 0.0326 e. The lowest BCUT2D eigenvalue weighted by atomic mass is 10.2. The van der Waals surface area contributed by atoms with Crippen LogP contribution in [0.4, 0.5) is 0 Å². The second kappa shape index (κ2) is 2.26. The zero-order chi connectivity index (χ0) is 6.85. The van der Waals surface area contributed by atoms with E-state index in [2.05, 4.69) is 24.9 Å². The molecule has 0 fully saturated rings. The Kier molecular flexibility index (Phi) is 1.60. The van der Waals surface area contributed by atoms with E-state index in [9.17, 15) is 0 Å². The third-order valence-electron chi connectivity index (χ3n) is 1.54. The Labute approximate surface area is 56.5 Å². The summed E-state index contributed by atoms with van der Waals surface area (Å²) in [5, 5.41) is 3.31. The number of hydrogen-bond donors (Lipinski definition) is 1. The Hall–Kier alpha value is -0.720. The lowest BCUT2D eigenvalue weighted by molar-refractivity contribution is 0.674. The van der Waals surface area contributed by atoms with Crippen molar-refractivity contribution in [2.45, 2.75) is 26.3 Å². The van der Waals surface area contributed by atoms with E-state index in [1.54, 1.807) is 0 Å². The molecule has 0 spiro atoms. The van der Waals surface area contributed by atoms with Crippen molar-refractivity contribution in [3.05, 3.63) is 23.9 Å². The van der Waals surface area contributed by atoms with Crippen molar-refractivity contribution in [1.29, 1.82) is 0 Å². The molecular weight excluding hydrogens is 110 g/mol. The summed E-state index contributed by atoms with van der Waals surface area (Å²) < 4.78 is 0. The van der Waals surface area contributed by atoms with Gasteiger partial charge >= 0.3 is 0 Å². The van der Waals surface area contributed by atoms with E-state index in [0.29, 0.717) is 6.04 Å². The Bertz CT molecular complexity index is 156. The Morgan fingerprint density at radius 3 is 2.78 bits per heavy atom. The Balaban J connectivity index is 2.55. The van der Waals surface area contributed by atoms with Crippen LogP contribution in [0.1, 0.15) is 20.3 Å². The quantitative estimate of drug-likeness (QED) is 0.561. The molecule has 1 heteroatoms. The molecule has 1 unspecified atom stereocenters. The molecule has 0 radical (unpaired) electrons. The summed E-state index contributed by atoms with van der Waals surface area (Å²) in [5.41, 5.74) is 2.36. The second-order valence-electron chi connectivity index (χ2n) is 2.68. The topological polar surface area (TPSA) is 12.0 Å². The maximum atomic E-state index is 3.84. The smallest absolute Gasteiger partial charge is 0.0326 e. The largest absolute Gasteiger partial charge is 0.382 e. The van der Waals surface area contributed by atoms with Crippen molar-refractivity contribution in [1.82, 2.24) is 5.32 Å². The molecule has 1 aliphatic heterocycles. The van der Waals surface area contributed by atoms with Crippen LogP contribution < -0.4 is 5.32 Å². The molecule has 1 N–H and O–H groups in total. The van der Waals surface area contributed by atoms with Gasteiger partial charge in [0.25, 0.3) is 0 Å². The Morgan fingerprint density at radius 1 is 1.89 bits per heavy atom. The molecule has 0 amide bonds. The van der Waals surface area contributed by atoms with Crippen LogP contribution in [0, 0.1) is 0 Å². The molecule has 0 bridgehead atoms. The van der Waals surface area contributed by atoms with E-state index >= 15 is 0 Å². The summed E-state index contributed by atoms with van der Waals surface area (Å²) in [6.45, 7) is 8.04. The van der Waals surface area contributed by atoms with Gasteiger partial charge in [-0.2, -0.15) is 0 Å². The van der Waals surface area contributed by atoms with Crippen LogP contribution in [0.2, 0.25) is 0 Å². The maximum absolute atomic E-state index is 3.84. The molecule has 0 aromatic rings. The molecule has 50 valence electrons. The summed E-state index contributed by atoms with van der Waals surface area (Å²) in [6.07, 6.45) is 3.34. The van der Waals surface area contributed by atoms with Crippen LogP contribution in [-0.2, 0) is 0 Å². The monoisotopic (exact) mass is 123 g/mol. The minimum atomic E-state index is 0.608. The van der Waals surface area contributed by atoms with Crippen LogP contribution in [0.15, 0.2) is 23.9 Å². The van der Waals surface area contributed by atoms with E-state index in [-0.39, 0.29) is 0 Å². The summed E-state index contributed by atoms with van der Waals surface area (Å²) in [7, 11) is 0. The van der Waals surface area contributed by atoms with Crippen LogP contribution in [0.25, 0.3) is 0 Å². The molecule has 1 aliphatic rings. The van der Waals surface area contributed by atoms with Crippen molar-refractivity contribution in [3.63, 3.8) is 0 Å². The third-order valence-corrected chi connectivity index (χ3v) is 1.54. The highest BCUT2D eigenvalue weighted by Gasteiger charge is 2.09. The van der Waals surface area contributed by atoms with Gasteiger partial charge in [-0.3, -0.25) is 0 Å². The number of allylic oxidation sites excluding steroid dienone is 1. The first-order valence-corrected chi connectivity index (χ1v) is 3.32. The fraction of sp³-hybridized carbons (Fsp3) is 0.500. The first-order valence-electron chi connectivity index (χ1n) is 3.32. The van der Waals surface area contributed by atoms with Gasteiger partial charge in [0.05, 0.1) is 0 Å². The molecule has 1 atom stereocenters. The summed E-state index contributed by atoms with van der Waals surface area (Å²) in [6, 6.07) is 0.608. The molecule has 9 heavy (non-hydrogen) atoms. The minimum Gasteiger partial charge on any atom is -0.382 e. The van der Waals surface area contributed by atoms with Gasteiger partial charge < -0.3 is 5.32 Å². The van der Waals surface area contributed by atoms with Gasteiger partial charge in [-0.1, -0.05) is 12.7 Å². The van der Waals surface area contributed by atoms with Gasteiger partial charge in [0, 0.05) is 11.7 Å². The lowest BCUT2D eigenvalue weighted by Gasteiger charge is -2.06. The molecule has 1 rings (SSSR count). The molecular formula is C8H13N. The van der Waals surface area contributed by atoms with E-state index in [4.69, 9.17) is 0 Å². The third kappa shape index (κ3) is 1.35. The minimum absolute atomic E-state index is 0.608. The highest BCUT2D eigenvalue weighted by molar-refractivity contribution is 5.28. The SMILES string of the molecule is C=C(C)C1=CCC(C)N1. The molecule has 0 aromatic heterocycles. The number of nitrogens with one attached hydrogen (secondary N) is 1. The predicted molar refractivity (Wildman–Crippen MR) is 40.1 cm³/mol. The first-order chi connectivity index (χ1) is 4.20. The van der Waals surface area contributed by atoms with Crippen molar-refractivity contribution in [2.75, 3.05) is 0 Å². The summed E-state index contributed by atoms with van der Waals surface area (Å²) in [5.74, 6) is 0. The lowest BCUT2D eigenvalue weighted by Crippen LogP contribution is -2.18. The number of hydrogen-bond acceptors (Lipinski definition) is 1. The summed E-state index contributed by atoms with van der Waals surface area (Å²) in [4.78, 5) is 0. The van der Waals surface area contributed by atoms with Gasteiger partial charge in [0.1, 0.15) is 0 Å². The average Bonchev–Trinajstić information content (AvgIpc) is 2.14.